The first-order chi connectivity index (χ1) is 13.0. The van der Waals surface area contributed by atoms with Crippen molar-refractivity contribution in [3.63, 3.8) is 0 Å². The van der Waals surface area contributed by atoms with Crippen molar-refractivity contribution in [1.82, 2.24) is 15.0 Å². The molecule has 3 rings (SSSR count). The van der Waals surface area contributed by atoms with Gasteiger partial charge >= 0.3 is 0 Å². The van der Waals surface area contributed by atoms with Gasteiger partial charge in [-0.1, -0.05) is 30.3 Å². The van der Waals surface area contributed by atoms with E-state index in [2.05, 4.69) is 34.1 Å². The molecular formula is C21H26ClN3O2S. The van der Waals surface area contributed by atoms with Crippen molar-refractivity contribution < 1.29 is 8.42 Å². The minimum atomic E-state index is -3.56. The summed E-state index contributed by atoms with van der Waals surface area (Å²) in [7, 11) is -3.56. The summed E-state index contributed by atoms with van der Waals surface area (Å²) in [4.78, 5) is 4.32. The van der Waals surface area contributed by atoms with E-state index in [0.29, 0.717) is 6.54 Å². The molecule has 7 heteroatoms. The van der Waals surface area contributed by atoms with Crippen LogP contribution in [0, 0.1) is 6.92 Å². The van der Waals surface area contributed by atoms with E-state index in [9.17, 15) is 8.42 Å². The second-order valence-electron chi connectivity index (χ2n) is 6.79. The Morgan fingerprint density at radius 1 is 1.07 bits per heavy atom. The van der Waals surface area contributed by atoms with Gasteiger partial charge in [0.2, 0.25) is 10.0 Å². The van der Waals surface area contributed by atoms with E-state index in [4.69, 9.17) is 0 Å². The molecule has 5 nitrogen and oxygen atoms in total. The summed E-state index contributed by atoms with van der Waals surface area (Å²) < 4.78 is 28.0. The van der Waals surface area contributed by atoms with Gasteiger partial charge in [0.25, 0.3) is 0 Å². The highest BCUT2D eigenvalue weighted by atomic mass is 35.5. The van der Waals surface area contributed by atoms with Gasteiger partial charge in [-0.2, -0.15) is 0 Å². The molecule has 0 amide bonds. The van der Waals surface area contributed by atoms with Crippen molar-refractivity contribution >= 4 is 33.2 Å². The van der Waals surface area contributed by atoms with Crippen LogP contribution in [-0.4, -0.2) is 32.5 Å². The molecule has 0 saturated carbocycles. The fraction of sp³-hybridized carbons (Fsp3) is 0.286. The predicted molar refractivity (Wildman–Crippen MR) is 117 cm³/mol. The van der Waals surface area contributed by atoms with Crippen molar-refractivity contribution in [3.8, 4) is 0 Å². The van der Waals surface area contributed by atoms with E-state index in [-0.39, 0.29) is 23.3 Å². The predicted octanol–water partition coefficient (Wildman–Crippen LogP) is 3.46. The van der Waals surface area contributed by atoms with E-state index in [0.717, 1.165) is 23.7 Å². The highest BCUT2D eigenvalue weighted by Crippen LogP contribution is 2.18. The van der Waals surface area contributed by atoms with Gasteiger partial charge in [0.15, 0.2) is 0 Å². The van der Waals surface area contributed by atoms with E-state index in [1.54, 1.807) is 30.6 Å². The molecule has 1 aromatic heterocycles. The lowest BCUT2D eigenvalue weighted by atomic mass is 10.1. The molecule has 0 aliphatic carbocycles. The summed E-state index contributed by atoms with van der Waals surface area (Å²) in [5.74, 6) is 0. The topological polar surface area (TPSA) is 71.1 Å². The summed E-state index contributed by atoms with van der Waals surface area (Å²) in [6.45, 7) is 5.34. The van der Waals surface area contributed by atoms with Crippen molar-refractivity contribution in [2.75, 3.05) is 13.1 Å². The Morgan fingerprint density at radius 2 is 1.86 bits per heavy atom. The number of rotatable bonds is 8. The van der Waals surface area contributed by atoms with Gasteiger partial charge in [-0.25, -0.2) is 13.1 Å². The van der Waals surface area contributed by atoms with Gasteiger partial charge in [-0.05, 0) is 61.5 Å². The molecule has 2 aromatic carbocycles. The number of aromatic nitrogens is 1. The Bertz CT molecular complexity index is 1020. The third-order valence-corrected chi connectivity index (χ3v) is 6.15. The quantitative estimate of drug-likeness (QED) is 0.548. The number of hydrogen-bond donors (Lipinski definition) is 2. The number of pyridine rings is 1. The molecule has 150 valence electrons. The van der Waals surface area contributed by atoms with E-state index < -0.39 is 10.0 Å². The van der Waals surface area contributed by atoms with Gasteiger partial charge in [0, 0.05) is 30.4 Å². The smallest absolute Gasteiger partial charge is 0.240 e. The third kappa shape index (κ3) is 5.75. The second kappa shape index (κ2) is 9.98. The highest BCUT2D eigenvalue weighted by Gasteiger charge is 2.17. The highest BCUT2D eigenvalue weighted by molar-refractivity contribution is 7.89. The lowest BCUT2D eigenvalue weighted by Crippen LogP contribution is -2.40. The van der Waals surface area contributed by atoms with Crippen LogP contribution in [0.5, 0.6) is 0 Å². The van der Waals surface area contributed by atoms with Crippen LogP contribution in [0.15, 0.2) is 65.8 Å². The summed E-state index contributed by atoms with van der Waals surface area (Å²) in [6.07, 6.45) is 4.30. The zero-order chi connectivity index (χ0) is 19.3. The van der Waals surface area contributed by atoms with Crippen molar-refractivity contribution in [3.05, 3.63) is 72.1 Å². The molecular weight excluding hydrogens is 394 g/mol. The molecule has 0 spiro atoms. The van der Waals surface area contributed by atoms with Crippen LogP contribution < -0.4 is 10.0 Å². The Hall–Kier alpha value is -1.99. The fourth-order valence-corrected chi connectivity index (χ4v) is 4.31. The Morgan fingerprint density at radius 3 is 2.64 bits per heavy atom. The van der Waals surface area contributed by atoms with E-state index in [1.165, 1.54) is 11.1 Å². The molecule has 0 saturated heterocycles. The monoisotopic (exact) mass is 419 g/mol. The van der Waals surface area contributed by atoms with Gasteiger partial charge < -0.3 is 5.32 Å². The minimum absolute atomic E-state index is 0. The van der Waals surface area contributed by atoms with E-state index >= 15 is 0 Å². The maximum atomic E-state index is 12.6. The first kappa shape index (κ1) is 22.3. The van der Waals surface area contributed by atoms with Crippen LogP contribution in [0.3, 0.4) is 0 Å². The van der Waals surface area contributed by atoms with Crippen molar-refractivity contribution in [1.29, 1.82) is 0 Å². The molecule has 3 aromatic rings. The number of nitrogens with one attached hydrogen (secondary N) is 2. The lowest BCUT2D eigenvalue weighted by Gasteiger charge is -2.16. The molecule has 0 bridgehead atoms. The zero-order valence-corrected chi connectivity index (χ0v) is 17.7. The molecule has 0 radical (unpaired) electrons. The van der Waals surface area contributed by atoms with Crippen molar-refractivity contribution in [2.24, 2.45) is 0 Å². The fourth-order valence-electron chi connectivity index (χ4n) is 3.04. The first-order valence-electron chi connectivity index (χ1n) is 9.07. The van der Waals surface area contributed by atoms with Crippen LogP contribution in [0.1, 0.15) is 18.1 Å². The molecule has 1 heterocycles. The van der Waals surface area contributed by atoms with Crippen molar-refractivity contribution in [2.45, 2.75) is 31.2 Å². The van der Waals surface area contributed by atoms with Gasteiger partial charge in [-0.15, -0.1) is 12.4 Å². The molecule has 0 aliphatic heterocycles. The standard InChI is InChI=1S/C21H25N3O2S.ClH/c1-16-5-3-4-6-18(16)9-11-22-14-17(2)24-27(25,26)21-8-7-20-15-23-12-10-19(20)13-21;/h3-8,10,12-13,15,17,22,24H,9,11,14H2,1-2H3;1H. The maximum absolute atomic E-state index is 12.6. The van der Waals surface area contributed by atoms with Crippen LogP contribution >= 0.6 is 12.4 Å². The number of halogens is 1. The first-order valence-corrected chi connectivity index (χ1v) is 10.6. The number of hydrogen-bond acceptors (Lipinski definition) is 4. The second-order valence-corrected chi connectivity index (χ2v) is 8.50. The van der Waals surface area contributed by atoms with Crippen LogP contribution in [-0.2, 0) is 16.4 Å². The molecule has 1 unspecified atom stereocenters. The Labute approximate surface area is 173 Å². The molecule has 2 N–H and O–H groups in total. The largest absolute Gasteiger partial charge is 0.315 e. The Kier molecular flexibility index (Phi) is 7.95. The maximum Gasteiger partial charge on any atom is 0.240 e. The van der Waals surface area contributed by atoms with Crippen LogP contribution in [0.2, 0.25) is 0 Å². The number of benzene rings is 2. The minimum Gasteiger partial charge on any atom is -0.315 e. The van der Waals surface area contributed by atoms with Gasteiger partial charge in [0.1, 0.15) is 0 Å². The third-order valence-electron chi connectivity index (χ3n) is 4.56. The zero-order valence-electron chi connectivity index (χ0n) is 16.1. The number of sulfonamides is 1. The molecule has 1 atom stereocenters. The normalized spacial score (nSPS) is 12.5. The SMILES string of the molecule is Cc1ccccc1CCNCC(C)NS(=O)(=O)c1ccc2cnccc2c1.Cl. The van der Waals surface area contributed by atoms with Gasteiger partial charge in [-0.3, -0.25) is 4.98 Å². The van der Waals surface area contributed by atoms with Gasteiger partial charge in [0.05, 0.1) is 4.90 Å². The number of fused-ring (bicyclic) bond motifs is 1. The molecule has 28 heavy (non-hydrogen) atoms. The summed E-state index contributed by atoms with van der Waals surface area (Å²) in [5.41, 5.74) is 2.59. The number of nitrogens with zero attached hydrogens (tertiary/aromatic N) is 1. The summed E-state index contributed by atoms with van der Waals surface area (Å²) in [5, 5.41) is 5.11. The molecule has 0 fully saturated rings. The van der Waals surface area contributed by atoms with Crippen LogP contribution in [0.4, 0.5) is 0 Å². The lowest BCUT2D eigenvalue weighted by molar-refractivity contribution is 0.537. The van der Waals surface area contributed by atoms with Crippen LogP contribution in [0.25, 0.3) is 10.8 Å². The number of aryl methyl sites for hydroxylation is 1. The van der Waals surface area contributed by atoms with E-state index in [1.807, 2.05) is 25.1 Å². The Balaban J connectivity index is 0.00000280. The average Bonchev–Trinajstić information content (AvgIpc) is 2.66. The average molecular weight is 420 g/mol. The molecule has 0 aliphatic rings. The summed E-state index contributed by atoms with van der Waals surface area (Å²) in [6, 6.07) is 15.0. The summed E-state index contributed by atoms with van der Waals surface area (Å²) >= 11 is 0.